The third-order valence-electron chi connectivity index (χ3n) is 6.04. The van der Waals surface area contributed by atoms with Crippen LogP contribution in [-0.2, 0) is 22.7 Å². The number of ether oxygens (including phenoxy) is 1. The molecule has 1 saturated heterocycles. The summed E-state index contributed by atoms with van der Waals surface area (Å²) in [5.74, 6) is -0.297. The van der Waals surface area contributed by atoms with Gasteiger partial charge < -0.3 is 23.6 Å². The zero-order valence-corrected chi connectivity index (χ0v) is 19.0. The maximum absolute atomic E-state index is 13.0. The predicted octanol–water partition coefficient (Wildman–Crippen LogP) is 5.38. The molecule has 0 saturated carbocycles. The van der Waals surface area contributed by atoms with Crippen LogP contribution in [0, 0.1) is 6.92 Å². The van der Waals surface area contributed by atoms with Gasteiger partial charge >= 0.3 is 0 Å². The molecule has 5 rings (SSSR count). The molecule has 0 spiro atoms. The number of likely N-dealkylation sites (tertiary alicyclic amines) is 1. The highest BCUT2D eigenvalue weighted by Gasteiger charge is 2.47. The minimum absolute atomic E-state index is 0.0370. The van der Waals surface area contributed by atoms with Gasteiger partial charge in [0, 0.05) is 5.56 Å². The number of carbonyl (C=O) groups excluding carboxylic acids is 2. The number of aliphatic hydroxyl groups excluding tert-OH is 1. The van der Waals surface area contributed by atoms with E-state index in [9.17, 15) is 14.7 Å². The number of rotatable bonds is 7. The van der Waals surface area contributed by atoms with Crippen LogP contribution in [0.4, 0.5) is 0 Å². The highest BCUT2D eigenvalue weighted by molar-refractivity contribution is 6.46. The monoisotopic (exact) mass is 469 g/mol. The number of aliphatic hydroxyl groups is 1. The maximum Gasteiger partial charge on any atom is 0.296 e. The molecule has 4 aromatic rings. The summed E-state index contributed by atoms with van der Waals surface area (Å²) in [6.07, 6.45) is 2.96. The van der Waals surface area contributed by atoms with Crippen LogP contribution in [0.25, 0.3) is 5.76 Å². The first kappa shape index (κ1) is 22.3. The second kappa shape index (κ2) is 9.38. The molecule has 35 heavy (non-hydrogen) atoms. The lowest BCUT2D eigenvalue weighted by molar-refractivity contribution is -0.140. The highest BCUT2D eigenvalue weighted by Crippen LogP contribution is 2.40. The van der Waals surface area contributed by atoms with Gasteiger partial charge in [0.1, 0.15) is 35.7 Å². The van der Waals surface area contributed by atoms with Crippen LogP contribution in [0.3, 0.4) is 0 Å². The molecular weight excluding hydrogens is 446 g/mol. The van der Waals surface area contributed by atoms with Crippen molar-refractivity contribution in [2.24, 2.45) is 0 Å². The lowest BCUT2D eigenvalue weighted by atomic mass is 9.99. The van der Waals surface area contributed by atoms with Crippen LogP contribution in [0.1, 0.15) is 34.3 Å². The summed E-state index contributed by atoms with van der Waals surface area (Å²) in [7, 11) is 0. The molecule has 1 N–H and O–H groups in total. The van der Waals surface area contributed by atoms with E-state index in [1.165, 1.54) is 17.4 Å². The van der Waals surface area contributed by atoms with Gasteiger partial charge in [0.25, 0.3) is 11.7 Å². The van der Waals surface area contributed by atoms with E-state index in [2.05, 4.69) is 0 Å². The van der Waals surface area contributed by atoms with Crippen molar-refractivity contribution in [1.29, 1.82) is 0 Å². The lowest BCUT2D eigenvalue weighted by Crippen LogP contribution is -2.28. The molecule has 7 heteroatoms. The summed E-state index contributed by atoms with van der Waals surface area (Å²) in [6, 6.07) is 20.6. The zero-order valence-electron chi connectivity index (χ0n) is 19.0. The number of Topliss-reactive ketones (excluding diaryl/α,β-unsaturated/α-hetero) is 1. The van der Waals surface area contributed by atoms with Gasteiger partial charge in [-0.25, -0.2) is 0 Å². The summed E-state index contributed by atoms with van der Waals surface area (Å²) < 4.78 is 16.8. The summed E-state index contributed by atoms with van der Waals surface area (Å²) >= 11 is 0. The van der Waals surface area contributed by atoms with Crippen molar-refractivity contribution in [2.75, 3.05) is 0 Å². The van der Waals surface area contributed by atoms with Crippen molar-refractivity contribution < 1.29 is 28.3 Å². The third kappa shape index (κ3) is 4.36. The van der Waals surface area contributed by atoms with E-state index in [4.69, 9.17) is 13.6 Å². The molecule has 1 aliphatic heterocycles. The molecule has 1 fully saturated rings. The fourth-order valence-corrected chi connectivity index (χ4v) is 4.15. The smallest absolute Gasteiger partial charge is 0.296 e. The van der Waals surface area contributed by atoms with Gasteiger partial charge in [-0.05, 0) is 66.6 Å². The molecule has 0 radical (unpaired) electrons. The van der Waals surface area contributed by atoms with E-state index in [0.717, 1.165) is 11.1 Å². The fourth-order valence-electron chi connectivity index (χ4n) is 4.15. The van der Waals surface area contributed by atoms with E-state index >= 15 is 0 Å². The van der Waals surface area contributed by atoms with Gasteiger partial charge in [0.2, 0.25) is 0 Å². The summed E-state index contributed by atoms with van der Waals surface area (Å²) in [4.78, 5) is 27.3. The fraction of sp³-hybridized carbons (Fsp3) is 0.143. The second-order valence-electron chi connectivity index (χ2n) is 8.26. The average Bonchev–Trinajstić information content (AvgIpc) is 3.63. The Bertz CT molecular complexity index is 1370. The molecular formula is C28H23NO6. The van der Waals surface area contributed by atoms with Gasteiger partial charge in [-0.3, -0.25) is 9.59 Å². The molecule has 176 valence electrons. The standard InChI is InChI=1S/C28H23NO6/c1-18-6-2-3-7-20(18)17-35-21-12-10-19(11-13-21)26(30)24-25(23-9-5-15-34-23)29(28(32)27(24)31)16-22-8-4-14-33-22/h2-15,25,30H,16-17H2,1H3/t25-/m0/s1. The third-order valence-corrected chi connectivity index (χ3v) is 6.04. The van der Waals surface area contributed by atoms with Crippen molar-refractivity contribution in [3.05, 3.63) is 119 Å². The van der Waals surface area contributed by atoms with Gasteiger partial charge in [-0.15, -0.1) is 0 Å². The summed E-state index contributed by atoms with van der Waals surface area (Å²) in [6.45, 7) is 2.50. The van der Waals surface area contributed by atoms with Crippen LogP contribution in [0.15, 0.2) is 99.7 Å². The molecule has 3 heterocycles. The number of furan rings is 2. The SMILES string of the molecule is Cc1ccccc1COc1ccc(C(O)=C2C(=O)C(=O)N(Cc3ccco3)[C@H]2c2ccco2)cc1. The van der Waals surface area contributed by atoms with Crippen LogP contribution in [-0.4, -0.2) is 21.7 Å². The van der Waals surface area contributed by atoms with E-state index in [0.29, 0.717) is 29.4 Å². The van der Waals surface area contributed by atoms with E-state index in [1.54, 1.807) is 48.5 Å². The Labute approximate surface area is 201 Å². The number of ketones is 1. The van der Waals surface area contributed by atoms with Crippen molar-refractivity contribution in [3.8, 4) is 5.75 Å². The minimum atomic E-state index is -0.882. The first-order valence-electron chi connectivity index (χ1n) is 11.1. The molecule has 0 bridgehead atoms. The number of nitrogens with zero attached hydrogens (tertiary/aromatic N) is 1. The van der Waals surface area contributed by atoms with Crippen molar-refractivity contribution in [3.63, 3.8) is 0 Å². The van der Waals surface area contributed by atoms with E-state index < -0.39 is 17.7 Å². The molecule has 1 atom stereocenters. The minimum Gasteiger partial charge on any atom is -0.507 e. The molecule has 0 unspecified atom stereocenters. The van der Waals surface area contributed by atoms with Crippen molar-refractivity contribution in [2.45, 2.75) is 26.1 Å². The van der Waals surface area contributed by atoms with Crippen molar-refractivity contribution >= 4 is 17.4 Å². The Kier molecular flexibility index (Phi) is 5.97. The van der Waals surface area contributed by atoms with E-state index in [-0.39, 0.29) is 17.9 Å². The lowest BCUT2D eigenvalue weighted by Gasteiger charge is -2.22. The topological polar surface area (TPSA) is 93.1 Å². The summed E-state index contributed by atoms with van der Waals surface area (Å²) in [5.41, 5.74) is 2.57. The van der Waals surface area contributed by atoms with Crippen LogP contribution in [0.2, 0.25) is 0 Å². The van der Waals surface area contributed by atoms with Crippen LogP contribution < -0.4 is 4.74 Å². The Morgan fingerprint density at radius 3 is 2.37 bits per heavy atom. The molecule has 1 amide bonds. The Hall–Kier alpha value is -4.52. The maximum atomic E-state index is 13.0. The van der Waals surface area contributed by atoms with E-state index in [1.807, 2.05) is 31.2 Å². The highest BCUT2D eigenvalue weighted by atomic mass is 16.5. The first-order chi connectivity index (χ1) is 17.0. The Morgan fingerprint density at radius 1 is 0.943 bits per heavy atom. The van der Waals surface area contributed by atoms with Gasteiger partial charge in [-0.1, -0.05) is 24.3 Å². The first-order valence-corrected chi connectivity index (χ1v) is 11.1. The average molecular weight is 469 g/mol. The predicted molar refractivity (Wildman–Crippen MR) is 127 cm³/mol. The number of amides is 1. The normalized spacial score (nSPS) is 17.2. The summed E-state index contributed by atoms with van der Waals surface area (Å²) in [5, 5.41) is 11.1. The van der Waals surface area contributed by atoms with Gasteiger partial charge in [-0.2, -0.15) is 0 Å². The number of hydrogen-bond acceptors (Lipinski definition) is 6. The van der Waals surface area contributed by atoms with Crippen LogP contribution >= 0.6 is 0 Å². The van der Waals surface area contributed by atoms with Crippen molar-refractivity contribution in [1.82, 2.24) is 4.90 Å². The second-order valence-corrected chi connectivity index (χ2v) is 8.26. The molecule has 2 aromatic carbocycles. The quantitative estimate of drug-likeness (QED) is 0.222. The Balaban J connectivity index is 1.44. The molecule has 0 aliphatic carbocycles. The molecule has 7 nitrogen and oxygen atoms in total. The largest absolute Gasteiger partial charge is 0.507 e. The van der Waals surface area contributed by atoms with Gasteiger partial charge in [0.05, 0.1) is 24.6 Å². The van der Waals surface area contributed by atoms with Crippen LogP contribution in [0.5, 0.6) is 5.75 Å². The molecule has 2 aromatic heterocycles. The molecule has 1 aliphatic rings. The number of benzene rings is 2. The Morgan fingerprint density at radius 2 is 1.69 bits per heavy atom. The van der Waals surface area contributed by atoms with Gasteiger partial charge in [0.15, 0.2) is 0 Å². The number of carbonyl (C=O) groups is 2. The zero-order chi connectivity index (χ0) is 24.4. The number of aryl methyl sites for hydroxylation is 1. The number of hydrogen-bond donors (Lipinski definition) is 1.